The Morgan fingerprint density at radius 1 is 0.388 bits per heavy atom. The number of ether oxygens (including phenoxy) is 4. The lowest BCUT2D eigenvalue weighted by Gasteiger charge is -2.37. The summed E-state index contributed by atoms with van der Waals surface area (Å²) in [6.07, 6.45) is 11.9. The van der Waals surface area contributed by atoms with Gasteiger partial charge in [0, 0.05) is 74.1 Å². The van der Waals surface area contributed by atoms with E-state index in [0.29, 0.717) is 61.9 Å². The highest BCUT2D eigenvalue weighted by atomic mass is 16.5. The van der Waals surface area contributed by atoms with Crippen LogP contribution in [0.4, 0.5) is 0 Å². The molecule has 0 spiro atoms. The van der Waals surface area contributed by atoms with Crippen LogP contribution in [-0.4, -0.2) is 169 Å². The van der Waals surface area contributed by atoms with E-state index in [-0.39, 0.29) is 48.6 Å². The molecule has 12 heteroatoms. The molecule has 1 aliphatic heterocycles. The zero-order valence-corrected chi connectivity index (χ0v) is 53.9. The van der Waals surface area contributed by atoms with Crippen molar-refractivity contribution in [2.45, 2.75) is 210 Å². The van der Waals surface area contributed by atoms with Crippen LogP contribution >= 0.6 is 0 Å². The zero-order valence-electron chi connectivity index (χ0n) is 53.9. The number of hydrogen-bond acceptors (Lipinski definition) is 10. The second kappa shape index (κ2) is 34.3. The Morgan fingerprint density at radius 2 is 0.675 bits per heavy atom. The molecule has 0 radical (unpaired) electrons. The molecule has 0 aliphatic carbocycles. The molecule has 2 aromatic carbocycles. The highest BCUT2D eigenvalue weighted by Crippen LogP contribution is 2.23. The summed E-state index contributed by atoms with van der Waals surface area (Å²) >= 11 is 0. The maximum atomic E-state index is 7.24. The van der Waals surface area contributed by atoms with Gasteiger partial charge in [0.05, 0.1) is 63.9 Å². The molecule has 8 atom stereocenters. The van der Waals surface area contributed by atoms with E-state index in [4.69, 9.17) is 18.9 Å². The summed E-state index contributed by atoms with van der Waals surface area (Å²) < 4.78 is 32.7. The quantitative estimate of drug-likeness (QED) is 0.0853. The summed E-state index contributed by atoms with van der Waals surface area (Å²) in [6, 6.07) is 23.7. The van der Waals surface area contributed by atoms with Crippen LogP contribution in [0.1, 0.15) is 156 Å². The predicted molar refractivity (Wildman–Crippen MR) is 334 cm³/mol. The SMILES string of the molecule is CC(C)Cc1ccnn1Cc1ccc(C[C@@H]2CN(C)[C@@H](CC(C)C)CO[C@H](C)CN(C)[C@@H](CC(C)C)CO[C@H](Cc3ccc(Cn4nccc4CC(C)C)cc3)CN(C)[C@@H](CC(C)C)CO[C@H](C)CN(C)[C@@H](CC(C)C)CO2)cc1. The molecule has 1 aliphatic rings. The van der Waals surface area contributed by atoms with Gasteiger partial charge in [-0.2, -0.15) is 10.2 Å². The molecule has 5 rings (SSSR count). The molecule has 4 aromatic rings. The Hall–Kier alpha value is -3.46. The van der Waals surface area contributed by atoms with E-state index in [2.05, 4.69) is 225 Å². The Kier molecular flexibility index (Phi) is 28.9. The molecule has 0 amide bonds. The molecule has 80 heavy (non-hydrogen) atoms. The Labute approximate surface area is 489 Å². The maximum absolute atomic E-state index is 7.24. The van der Waals surface area contributed by atoms with Crippen LogP contribution in [0.15, 0.2) is 73.1 Å². The van der Waals surface area contributed by atoms with E-state index in [1.807, 2.05) is 12.4 Å². The van der Waals surface area contributed by atoms with Gasteiger partial charge in [-0.25, -0.2) is 0 Å². The average molecular weight is 1110 g/mol. The lowest BCUT2D eigenvalue weighted by Crippen LogP contribution is -2.47. The number of rotatable bonds is 20. The summed E-state index contributed by atoms with van der Waals surface area (Å²) in [4.78, 5) is 10.1. The van der Waals surface area contributed by atoms with Crippen molar-refractivity contribution in [1.29, 1.82) is 0 Å². The second-order valence-corrected chi connectivity index (χ2v) is 27.3. The minimum atomic E-state index is -0.00184. The molecule has 2 aromatic heterocycles. The third-order valence-electron chi connectivity index (χ3n) is 16.2. The van der Waals surface area contributed by atoms with Crippen molar-refractivity contribution in [3.8, 4) is 0 Å². The summed E-state index contributed by atoms with van der Waals surface area (Å²) in [5.74, 6) is 3.26. The largest absolute Gasteiger partial charge is 0.376 e. The molecule has 0 N–H and O–H groups in total. The lowest BCUT2D eigenvalue weighted by atomic mass is 10.0. The molecule has 0 saturated carbocycles. The van der Waals surface area contributed by atoms with Gasteiger partial charge in [-0.05, 0) is 163 Å². The third-order valence-corrected chi connectivity index (χ3v) is 16.2. The molecule has 3 heterocycles. The lowest BCUT2D eigenvalue weighted by molar-refractivity contribution is -0.0536. The Bertz CT molecular complexity index is 2080. The van der Waals surface area contributed by atoms with Crippen molar-refractivity contribution in [2.75, 3.05) is 80.8 Å². The van der Waals surface area contributed by atoms with Gasteiger partial charge >= 0.3 is 0 Å². The molecule has 1 saturated heterocycles. The van der Waals surface area contributed by atoms with Crippen LogP contribution in [-0.2, 0) is 57.7 Å². The van der Waals surface area contributed by atoms with E-state index in [9.17, 15) is 0 Å². The summed E-state index contributed by atoms with van der Waals surface area (Å²) in [5.41, 5.74) is 7.71. The first-order valence-electron chi connectivity index (χ1n) is 31.4. The summed E-state index contributed by atoms with van der Waals surface area (Å²) in [5, 5.41) is 9.37. The van der Waals surface area contributed by atoms with Crippen molar-refractivity contribution in [3.05, 3.63) is 107 Å². The highest BCUT2D eigenvalue weighted by Gasteiger charge is 2.29. The summed E-state index contributed by atoms with van der Waals surface area (Å²) in [6.45, 7) is 39.8. The Morgan fingerprint density at radius 3 is 0.975 bits per heavy atom. The van der Waals surface area contributed by atoms with E-state index < -0.39 is 0 Å². The smallest absolute Gasteiger partial charge is 0.0743 e. The van der Waals surface area contributed by atoms with Crippen LogP contribution in [0.2, 0.25) is 0 Å². The molecule has 0 unspecified atom stereocenters. The molecule has 0 bridgehead atoms. The molecular formula is C68H116N8O4. The number of hydrogen-bond donors (Lipinski definition) is 0. The molecule has 12 nitrogen and oxygen atoms in total. The minimum absolute atomic E-state index is 0.00184. The average Bonchev–Trinajstić information content (AvgIpc) is 4.01. The molecule has 1 fully saturated rings. The normalized spacial score (nSPS) is 24.5. The van der Waals surface area contributed by atoms with Crippen LogP contribution < -0.4 is 0 Å². The van der Waals surface area contributed by atoms with Crippen LogP contribution in [0, 0.1) is 35.5 Å². The van der Waals surface area contributed by atoms with E-state index in [1.54, 1.807) is 0 Å². The fraction of sp³-hybridized carbons (Fsp3) is 0.735. The summed E-state index contributed by atoms with van der Waals surface area (Å²) in [7, 11) is 9.14. The third kappa shape index (κ3) is 24.4. The van der Waals surface area contributed by atoms with Gasteiger partial charge in [-0.1, -0.05) is 132 Å². The van der Waals surface area contributed by atoms with E-state index in [1.165, 1.54) is 33.6 Å². The van der Waals surface area contributed by atoms with Crippen LogP contribution in [0.5, 0.6) is 0 Å². The second-order valence-electron chi connectivity index (χ2n) is 27.3. The Balaban J connectivity index is 1.40. The molecular weight excluding hydrogens is 993 g/mol. The number of benzene rings is 2. The fourth-order valence-electron chi connectivity index (χ4n) is 11.9. The van der Waals surface area contributed by atoms with Crippen molar-refractivity contribution >= 4 is 0 Å². The number of likely N-dealkylation sites (N-methyl/N-ethyl adjacent to an activating group) is 4. The fourth-order valence-corrected chi connectivity index (χ4v) is 11.9. The van der Waals surface area contributed by atoms with Gasteiger partial charge in [0.1, 0.15) is 0 Å². The van der Waals surface area contributed by atoms with Gasteiger partial charge in [-0.3, -0.25) is 29.0 Å². The standard InChI is InChI=1S/C68H116N8O4/c1-49(2)31-61-27-29-69-75(61)41-59-23-19-57(20-24-59)37-67-43-73(17)63(33-51(5)6)45-77-56(14)40-72(16)66(36-54(11)12)48-80-68(38-58-21-25-60(26-22-58)42-76-62(28-30-70-76)32-50(3)4)44-74(18)64(34-52(7)8)46-78-55(13)39-71(15)65(47-79-67)35-53(9)10/h19-30,49-56,63-68H,31-48H2,1-18H3/t55-,56-,63+,64+,65+,66+,67-,68-/m1/s1. The zero-order chi connectivity index (χ0) is 58.5. The topological polar surface area (TPSA) is 85.5 Å². The highest BCUT2D eigenvalue weighted by molar-refractivity contribution is 5.25. The number of nitrogens with zero attached hydrogens (tertiary/aromatic N) is 8. The van der Waals surface area contributed by atoms with Crippen molar-refractivity contribution < 1.29 is 18.9 Å². The van der Waals surface area contributed by atoms with Gasteiger partial charge < -0.3 is 18.9 Å². The van der Waals surface area contributed by atoms with Gasteiger partial charge in [0.25, 0.3) is 0 Å². The molecule has 452 valence electrons. The first-order chi connectivity index (χ1) is 38.0. The van der Waals surface area contributed by atoms with Crippen molar-refractivity contribution in [2.24, 2.45) is 35.5 Å². The van der Waals surface area contributed by atoms with Crippen molar-refractivity contribution in [1.82, 2.24) is 39.2 Å². The predicted octanol–water partition coefficient (Wildman–Crippen LogP) is 12.3. The maximum Gasteiger partial charge on any atom is 0.0743 e. The van der Waals surface area contributed by atoms with E-state index in [0.717, 1.165) is 90.6 Å². The van der Waals surface area contributed by atoms with Crippen LogP contribution in [0.25, 0.3) is 0 Å². The van der Waals surface area contributed by atoms with E-state index >= 15 is 0 Å². The van der Waals surface area contributed by atoms with Gasteiger partial charge in [0.2, 0.25) is 0 Å². The van der Waals surface area contributed by atoms with Crippen molar-refractivity contribution in [3.63, 3.8) is 0 Å². The number of aromatic nitrogens is 4. The van der Waals surface area contributed by atoms with Crippen LogP contribution in [0.3, 0.4) is 0 Å². The monoisotopic (exact) mass is 1110 g/mol. The van der Waals surface area contributed by atoms with Gasteiger partial charge in [-0.15, -0.1) is 0 Å². The first kappa shape index (κ1) is 67.3. The first-order valence-corrected chi connectivity index (χ1v) is 31.4. The minimum Gasteiger partial charge on any atom is -0.376 e. The van der Waals surface area contributed by atoms with Gasteiger partial charge in [0.15, 0.2) is 0 Å².